The van der Waals surface area contributed by atoms with Gasteiger partial charge in [0.15, 0.2) is 0 Å². The number of likely N-dealkylation sites (tertiary alicyclic amines) is 2. The van der Waals surface area contributed by atoms with E-state index in [1.54, 1.807) is 0 Å². The summed E-state index contributed by atoms with van der Waals surface area (Å²) in [6.45, 7) is 2.16. The van der Waals surface area contributed by atoms with Crippen molar-refractivity contribution >= 4 is 23.2 Å². The van der Waals surface area contributed by atoms with E-state index >= 15 is 0 Å². The van der Waals surface area contributed by atoms with Crippen LogP contribution in [0.3, 0.4) is 0 Å². The molecule has 9 heteroatoms. The van der Waals surface area contributed by atoms with Gasteiger partial charge in [0.25, 0.3) is 11.8 Å². The summed E-state index contributed by atoms with van der Waals surface area (Å²) >= 11 is 1.45. The minimum absolute atomic E-state index is 0.0398. The summed E-state index contributed by atoms with van der Waals surface area (Å²) in [5.74, 6) is 0.0209. The molecule has 2 aromatic carbocycles. The number of hydrogen-bond acceptors (Lipinski definition) is 4. The van der Waals surface area contributed by atoms with Crippen LogP contribution >= 0.6 is 11.3 Å². The lowest BCUT2D eigenvalue weighted by atomic mass is 9.90. The van der Waals surface area contributed by atoms with Crippen LogP contribution in [0.2, 0.25) is 0 Å². The van der Waals surface area contributed by atoms with E-state index in [0.29, 0.717) is 37.5 Å². The van der Waals surface area contributed by atoms with E-state index in [1.807, 2.05) is 16.3 Å². The van der Waals surface area contributed by atoms with Crippen molar-refractivity contribution in [2.24, 2.45) is 5.92 Å². The summed E-state index contributed by atoms with van der Waals surface area (Å²) < 4.78 is 40.1. The number of hydrogen-bond donors (Lipinski definition) is 0. The molecular formula is C29H30F3N3O2S. The Bertz CT molecular complexity index is 1260. The first-order valence-corrected chi connectivity index (χ1v) is 13.9. The van der Waals surface area contributed by atoms with Gasteiger partial charge in [-0.05, 0) is 55.7 Å². The summed E-state index contributed by atoms with van der Waals surface area (Å²) in [6.07, 6.45) is -0.390. The van der Waals surface area contributed by atoms with E-state index in [4.69, 9.17) is 0 Å². The molecule has 2 aliphatic rings. The Labute approximate surface area is 224 Å². The van der Waals surface area contributed by atoms with Crippen LogP contribution in [0.5, 0.6) is 0 Å². The molecule has 0 N–H and O–H groups in total. The first kappa shape index (κ1) is 26.4. The van der Waals surface area contributed by atoms with Crippen LogP contribution in [0.25, 0.3) is 0 Å². The van der Waals surface area contributed by atoms with Gasteiger partial charge in [-0.1, -0.05) is 42.5 Å². The SMILES string of the molecule is O=C(c1csc(C2CCN(C(=O)c3ccccc3C(F)(F)F)CC2)n1)N1CCC(Cc2ccccc2)CC1. The molecule has 2 saturated heterocycles. The summed E-state index contributed by atoms with van der Waals surface area (Å²) in [4.78, 5) is 34.0. The highest BCUT2D eigenvalue weighted by molar-refractivity contribution is 7.09. The number of alkyl halides is 3. The maximum Gasteiger partial charge on any atom is 0.417 e. The number of nitrogens with zero attached hydrogens (tertiary/aromatic N) is 3. The van der Waals surface area contributed by atoms with E-state index in [-0.39, 0.29) is 17.4 Å². The highest BCUT2D eigenvalue weighted by atomic mass is 32.1. The third kappa shape index (κ3) is 5.93. The molecule has 0 atom stereocenters. The van der Waals surface area contributed by atoms with Crippen molar-refractivity contribution in [1.82, 2.24) is 14.8 Å². The van der Waals surface area contributed by atoms with Gasteiger partial charge in [0.2, 0.25) is 0 Å². The number of thiazole rings is 1. The van der Waals surface area contributed by atoms with Crippen LogP contribution < -0.4 is 0 Å². The summed E-state index contributed by atoms with van der Waals surface area (Å²) in [7, 11) is 0. The minimum atomic E-state index is -4.58. The molecule has 5 rings (SSSR count). The molecule has 0 unspecified atom stereocenters. The molecule has 2 fully saturated rings. The Hall–Kier alpha value is -3.20. The highest BCUT2D eigenvalue weighted by Gasteiger charge is 2.37. The van der Waals surface area contributed by atoms with Crippen LogP contribution in [0.4, 0.5) is 13.2 Å². The fourth-order valence-electron chi connectivity index (χ4n) is 5.44. The molecule has 3 heterocycles. The van der Waals surface area contributed by atoms with Crippen molar-refractivity contribution in [3.05, 3.63) is 87.4 Å². The second kappa shape index (κ2) is 11.3. The van der Waals surface area contributed by atoms with Crippen molar-refractivity contribution in [3.8, 4) is 0 Å². The predicted octanol–water partition coefficient (Wildman–Crippen LogP) is 6.28. The van der Waals surface area contributed by atoms with Crippen LogP contribution in [-0.4, -0.2) is 52.8 Å². The van der Waals surface area contributed by atoms with Crippen LogP contribution in [0.1, 0.15) is 68.6 Å². The zero-order chi connectivity index (χ0) is 26.7. The third-order valence-corrected chi connectivity index (χ3v) is 8.61. The van der Waals surface area contributed by atoms with Crippen molar-refractivity contribution in [2.75, 3.05) is 26.2 Å². The van der Waals surface area contributed by atoms with E-state index < -0.39 is 17.6 Å². The zero-order valence-electron chi connectivity index (χ0n) is 21.0. The van der Waals surface area contributed by atoms with Crippen molar-refractivity contribution in [3.63, 3.8) is 0 Å². The average Bonchev–Trinajstić information content (AvgIpc) is 3.43. The largest absolute Gasteiger partial charge is 0.417 e. The second-order valence-electron chi connectivity index (χ2n) is 10.1. The van der Waals surface area contributed by atoms with Crippen LogP contribution in [-0.2, 0) is 12.6 Å². The van der Waals surface area contributed by atoms with Gasteiger partial charge in [0, 0.05) is 37.5 Å². The first-order valence-electron chi connectivity index (χ1n) is 13.0. The molecule has 0 aliphatic carbocycles. The lowest BCUT2D eigenvalue weighted by molar-refractivity contribution is -0.138. The predicted molar refractivity (Wildman–Crippen MR) is 140 cm³/mol. The quantitative estimate of drug-likeness (QED) is 0.382. The molecule has 0 radical (unpaired) electrons. The summed E-state index contributed by atoms with van der Waals surface area (Å²) in [5, 5.41) is 2.67. The van der Waals surface area contributed by atoms with Gasteiger partial charge in [-0.3, -0.25) is 9.59 Å². The second-order valence-corrected chi connectivity index (χ2v) is 11.0. The summed E-state index contributed by atoms with van der Waals surface area (Å²) in [5.41, 5.74) is 0.579. The molecule has 200 valence electrons. The zero-order valence-corrected chi connectivity index (χ0v) is 21.8. The number of piperidine rings is 2. The molecule has 0 saturated carbocycles. The monoisotopic (exact) mass is 541 g/mol. The molecule has 1 aromatic heterocycles. The lowest BCUT2D eigenvalue weighted by Gasteiger charge is -2.32. The Morgan fingerprint density at radius 2 is 1.45 bits per heavy atom. The third-order valence-electron chi connectivity index (χ3n) is 7.60. The molecule has 2 aliphatic heterocycles. The average molecular weight is 542 g/mol. The number of halogens is 3. The molecule has 0 bridgehead atoms. The maximum atomic E-state index is 13.4. The van der Waals surface area contributed by atoms with Gasteiger partial charge in [-0.15, -0.1) is 11.3 Å². The Morgan fingerprint density at radius 3 is 2.13 bits per heavy atom. The number of carbonyl (C=O) groups is 2. The van der Waals surface area contributed by atoms with Gasteiger partial charge < -0.3 is 9.80 Å². The van der Waals surface area contributed by atoms with Crippen LogP contribution in [0.15, 0.2) is 60.0 Å². The smallest absolute Gasteiger partial charge is 0.339 e. The fourth-order valence-corrected chi connectivity index (χ4v) is 6.40. The van der Waals surface area contributed by atoms with Gasteiger partial charge >= 0.3 is 6.18 Å². The Balaban J connectivity index is 1.14. The van der Waals surface area contributed by atoms with Crippen molar-refractivity contribution in [2.45, 2.75) is 44.2 Å². The number of benzene rings is 2. The number of aromatic nitrogens is 1. The van der Waals surface area contributed by atoms with E-state index in [1.165, 1.54) is 40.0 Å². The van der Waals surface area contributed by atoms with Crippen LogP contribution in [0, 0.1) is 5.92 Å². The lowest BCUT2D eigenvalue weighted by Crippen LogP contribution is -2.39. The van der Waals surface area contributed by atoms with Crippen molar-refractivity contribution in [1.29, 1.82) is 0 Å². The van der Waals surface area contributed by atoms with E-state index in [9.17, 15) is 22.8 Å². The first-order chi connectivity index (χ1) is 18.3. The Morgan fingerprint density at radius 1 is 0.842 bits per heavy atom. The van der Waals surface area contributed by atoms with Gasteiger partial charge in [0.1, 0.15) is 5.69 Å². The standard InChI is InChI=1S/C29H30F3N3O2S/c30-29(31,32)24-9-5-4-8-23(24)27(36)34-16-12-22(13-17-34)26-33-25(19-38-26)28(37)35-14-10-21(11-15-35)18-20-6-2-1-3-7-20/h1-9,19,21-22H,10-18H2. The van der Waals surface area contributed by atoms with E-state index in [2.05, 4.69) is 29.2 Å². The molecular weight excluding hydrogens is 511 g/mol. The number of rotatable bonds is 5. The molecule has 5 nitrogen and oxygen atoms in total. The molecule has 2 amide bonds. The number of amides is 2. The minimum Gasteiger partial charge on any atom is -0.339 e. The van der Waals surface area contributed by atoms with Gasteiger partial charge in [-0.2, -0.15) is 13.2 Å². The van der Waals surface area contributed by atoms with E-state index in [0.717, 1.165) is 43.4 Å². The fraction of sp³-hybridized carbons (Fsp3) is 0.414. The molecule has 0 spiro atoms. The topological polar surface area (TPSA) is 53.5 Å². The molecule has 38 heavy (non-hydrogen) atoms. The highest BCUT2D eigenvalue weighted by Crippen LogP contribution is 2.35. The maximum absolute atomic E-state index is 13.4. The van der Waals surface area contributed by atoms with Crippen molar-refractivity contribution < 1.29 is 22.8 Å². The van der Waals surface area contributed by atoms with Gasteiger partial charge in [0.05, 0.1) is 16.1 Å². The molecule has 3 aromatic rings. The normalized spacial score (nSPS) is 17.6. The Kier molecular flexibility index (Phi) is 7.83. The summed E-state index contributed by atoms with van der Waals surface area (Å²) in [6, 6.07) is 15.4. The number of carbonyl (C=O) groups excluding carboxylic acids is 2. The van der Waals surface area contributed by atoms with Gasteiger partial charge in [-0.25, -0.2) is 4.98 Å².